The molecule has 0 atom stereocenters. The van der Waals surface area contributed by atoms with Crippen molar-refractivity contribution < 1.29 is 0 Å². The number of nitrogens with zero attached hydrogens (tertiary/aromatic N) is 1. The van der Waals surface area contributed by atoms with Gasteiger partial charge in [0, 0.05) is 19.4 Å². The zero-order chi connectivity index (χ0) is 6.24. The number of rotatable bonds is 3. The van der Waals surface area contributed by atoms with Crippen LogP contribution in [0.2, 0.25) is 0 Å². The molecule has 0 saturated heterocycles. The molecule has 0 spiro atoms. The predicted octanol–water partition coefficient (Wildman–Crippen LogP) is -0.831. The lowest BCUT2D eigenvalue weighted by atomic mass is 10.9. The molecule has 0 aliphatic heterocycles. The van der Waals surface area contributed by atoms with Crippen LogP contribution in [0.5, 0.6) is 0 Å². The molecule has 4 N–H and O–H groups in total. The molecule has 8 heavy (non-hydrogen) atoms. The number of nitrogens with two attached hydrogens (primary N) is 1. The molecule has 0 bridgehead atoms. The van der Waals surface area contributed by atoms with Gasteiger partial charge in [-0.1, -0.05) is 0 Å². The van der Waals surface area contributed by atoms with Gasteiger partial charge in [0.15, 0.2) is 0 Å². The SMILES string of the molecule is CN=CNN/C=C/N. The molecular formula is C4H10N4. The Morgan fingerprint density at radius 2 is 2.25 bits per heavy atom. The number of hydrogen-bond donors (Lipinski definition) is 3. The minimum Gasteiger partial charge on any atom is -0.403 e. The maximum atomic E-state index is 4.98. The Kier molecular flexibility index (Phi) is 4.95. The van der Waals surface area contributed by atoms with E-state index in [9.17, 15) is 0 Å². The summed E-state index contributed by atoms with van der Waals surface area (Å²) in [6.07, 6.45) is 4.46. The second-order valence-corrected chi connectivity index (χ2v) is 1.04. The molecule has 0 fully saturated rings. The molecule has 0 radical (unpaired) electrons. The summed E-state index contributed by atoms with van der Waals surface area (Å²) in [5.74, 6) is 0. The van der Waals surface area contributed by atoms with E-state index < -0.39 is 0 Å². The Hall–Kier alpha value is -1.19. The zero-order valence-corrected chi connectivity index (χ0v) is 4.76. The summed E-state index contributed by atoms with van der Waals surface area (Å²) in [6.45, 7) is 0. The van der Waals surface area contributed by atoms with Crippen LogP contribution in [-0.4, -0.2) is 13.4 Å². The van der Waals surface area contributed by atoms with Crippen LogP contribution in [0.1, 0.15) is 0 Å². The summed E-state index contributed by atoms with van der Waals surface area (Å²) < 4.78 is 0. The Labute approximate surface area is 48.4 Å². The van der Waals surface area contributed by atoms with Crippen LogP contribution in [0.3, 0.4) is 0 Å². The highest BCUT2D eigenvalue weighted by Crippen LogP contribution is 1.47. The Morgan fingerprint density at radius 3 is 2.75 bits per heavy atom. The third-order valence-electron chi connectivity index (χ3n) is 0.457. The van der Waals surface area contributed by atoms with Crippen LogP contribution >= 0.6 is 0 Å². The largest absolute Gasteiger partial charge is 0.403 e. The van der Waals surface area contributed by atoms with E-state index in [1.165, 1.54) is 12.5 Å². The minimum atomic E-state index is 1.39. The monoisotopic (exact) mass is 114 g/mol. The first-order valence-electron chi connectivity index (χ1n) is 2.20. The number of hydrazine groups is 1. The van der Waals surface area contributed by atoms with Crippen molar-refractivity contribution in [1.29, 1.82) is 0 Å². The Morgan fingerprint density at radius 1 is 1.50 bits per heavy atom. The predicted molar refractivity (Wildman–Crippen MR) is 34.0 cm³/mol. The van der Waals surface area contributed by atoms with Crippen molar-refractivity contribution in [2.24, 2.45) is 10.7 Å². The van der Waals surface area contributed by atoms with E-state index in [-0.39, 0.29) is 0 Å². The second kappa shape index (κ2) is 5.81. The van der Waals surface area contributed by atoms with Crippen molar-refractivity contribution in [3.8, 4) is 0 Å². The molecule has 4 nitrogen and oxygen atoms in total. The first-order chi connectivity index (χ1) is 3.91. The van der Waals surface area contributed by atoms with Gasteiger partial charge in [-0.3, -0.25) is 10.4 Å². The molecule has 0 aliphatic rings. The van der Waals surface area contributed by atoms with Gasteiger partial charge >= 0.3 is 0 Å². The standard InChI is InChI=1S/C4H10N4/c1-6-4-8-7-3-2-5/h2-4,7H,5H2,1H3,(H,6,8)/b3-2+. The maximum Gasteiger partial charge on any atom is 0.100 e. The van der Waals surface area contributed by atoms with Gasteiger partial charge in [-0.05, 0) is 0 Å². The third kappa shape index (κ3) is 4.81. The fraction of sp³-hybridized carbons (Fsp3) is 0.250. The zero-order valence-electron chi connectivity index (χ0n) is 4.76. The molecule has 0 amide bonds. The maximum absolute atomic E-state index is 4.98. The van der Waals surface area contributed by atoms with E-state index in [1.54, 1.807) is 13.2 Å². The summed E-state index contributed by atoms with van der Waals surface area (Å²) in [5.41, 5.74) is 10.2. The Balaban J connectivity index is 2.93. The summed E-state index contributed by atoms with van der Waals surface area (Å²) in [4.78, 5) is 3.63. The highest BCUT2D eigenvalue weighted by Gasteiger charge is 1.61. The van der Waals surface area contributed by atoms with Crippen molar-refractivity contribution in [2.45, 2.75) is 0 Å². The van der Waals surface area contributed by atoms with Gasteiger partial charge in [0.2, 0.25) is 0 Å². The highest BCUT2D eigenvalue weighted by atomic mass is 15.3. The topological polar surface area (TPSA) is 62.4 Å². The fourth-order valence-corrected chi connectivity index (χ4v) is 0.198. The van der Waals surface area contributed by atoms with Crippen molar-refractivity contribution in [1.82, 2.24) is 10.9 Å². The lowest BCUT2D eigenvalue weighted by Gasteiger charge is -1.93. The quantitative estimate of drug-likeness (QED) is 0.194. The van der Waals surface area contributed by atoms with E-state index >= 15 is 0 Å². The normalized spacial score (nSPS) is 10.6. The molecule has 0 rings (SSSR count). The van der Waals surface area contributed by atoms with E-state index in [0.717, 1.165) is 0 Å². The summed E-state index contributed by atoms with van der Waals surface area (Å²) in [5, 5.41) is 0. The molecule has 0 aromatic carbocycles. The average molecular weight is 114 g/mol. The van der Waals surface area contributed by atoms with Crippen LogP contribution in [-0.2, 0) is 0 Å². The van der Waals surface area contributed by atoms with Gasteiger partial charge in [-0.25, -0.2) is 0 Å². The van der Waals surface area contributed by atoms with Crippen molar-refractivity contribution >= 4 is 6.34 Å². The van der Waals surface area contributed by atoms with Crippen molar-refractivity contribution in [2.75, 3.05) is 7.05 Å². The van der Waals surface area contributed by atoms with E-state index in [1.807, 2.05) is 0 Å². The lowest BCUT2D eigenvalue weighted by Crippen LogP contribution is -2.24. The Bertz CT molecular complexity index is 74.0. The smallest absolute Gasteiger partial charge is 0.100 e. The van der Waals surface area contributed by atoms with Gasteiger partial charge in [0.25, 0.3) is 0 Å². The summed E-state index contributed by atoms with van der Waals surface area (Å²) >= 11 is 0. The van der Waals surface area contributed by atoms with Crippen molar-refractivity contribution in [3.05, 3.63) is 12.4 Å². The first kappa shape index (κ1) is 6.81. The van der Waals surface area contributed by atoms with Gasteiger partial charge in [-0.2, -0.15) is 0 Å². The molecule has 0 aliphatic carbocycles. The van der Waals surface area contributed by atoms with Crippen LogP contribution in [0.15, 0.2) is 17.4 Å². The number of aliphatic imine (C=N–C) groups is 1. The first-order valence-corrected chi connectivity index (χ1v) is 2.20. The minimum absolute atomic E-state index is 1.39. The van der Waals surface area contributed by atoms with Gasteiger partial charge in [-0.15, -0.1) is 0 Å². The van der Waals surface area contributed by atoms with Crippen LogP contribution in [0.25, 0.3) is 0 Å². The molecule has 0 aromatic heterocycles. The van der Waals surface area contributed by atoms with Crippen molar-refractivity contribution in [3.63, 3.8) is 0 Å². The number of hydrogen-bond acceptors (Lipinski definition) is 3. The highest BCUT2D eigenvalue weighted by molar-refractivity contribution is 5.53. The second-order valence-electron chi connectivity index (χ2n) is 1.04. The molecule has 0 unspecified atom stereocenters. The fourth-order valence-electron chi connectivity index (χ4n) is 0.198. The number of nitrogens with one attached hydrogen (secondary N) is 2. The van der Waals surface area contributed by atoms with Crippen LogP contribution < -0.4 is 16.6 Å². The van der Waals surface area contributed by atoms with Crippen LogP contribution in [0, 0.1) is 0 Å². The van der Waals surface area contributed by atoms with Gasteiger partial charge in [0.05, 0.1) is 0 Å². The molecule has 0 aromatic rings. The van der Waals surface area contributed by atoms with Gasteiger partial charge < -0.3 is 11.2 Å². The van der Waals surface area contributed by atoms with E-state index in [0.29, 0.717) is 0 Å². The molecule has 4 heteroatoms. The summed E-state index contributed by atoms with van der Waals surface area (Å²) in [7, 11) is 1.67. The third-order valence-corrected chi connectivity index (χ3v) is 0.457. The average Bonchev–Trinajstić information content (AvgIpc) is 1.81. The molecule has 0 saturated carbocycles. The van der Waals surface area contributed by atoms with Gasteiger partial charge in [0.1, 0.15) is 6.34 Å². The van der Waals surface area contributed by atoms with Crippen LogP contribution in [0.4, 0.5) is 0 Å². The van der Waals surface area contributed by atoms with E-state index in [2.05, 4.69) is 15.8 Å². The summed E-state index contributed by atoms with van der Waals surface area (Å²) in [6, 6.07) is 0. The van der Waals surface area contributed by atoms with E-state index in [4.69, 9.17) is 5.73 Å². The molecular weight excluding hydrogens is 104 g/mol. The molecule has 46 valence electrons. The lowest BCUT2D eigenvalue weighted by molar-refractivity contribution is 0.831. The molecule has 0 heterocycles.